The van der Waals surface area contributed by atoms with Crippen molar-refractivity contribution in [2.24, 2.45) is 5.73 Å². The van der Waals surface area contributed by atoms with Gasteiger partial charge in [-0.05, 0) is 68.9 Å². The molecule has 0 spiro atoms. The average molecular weight is 515 g/mol. The van der Waals surface area contributed by atoms with Crippen molar-refractivity contribution >= 4 is 29.1 Å². The number of aromatic nitrogens is 3. The summed E-state index contributed by atoms with van der Waals surface area (Å²) in [5.74, 6) is 1.09. The van der Waals surface area contributed by atoms with Crippen LogP contribution in [0.15, 0.2) is 54.9 Å². The van der Waals surface area contributed by atoms with Crippen molar-refractivity contribution in [3.63, 3.8) is 0 Å². The van der Waals surface area contributed by atoms with E-state index in [2.05, 4.69) is 25.9 Å². The summed E-state index contributed by atoms with van der Waals surface area (Å²) in [5, 5.41) is 30.1. The molecule has 194 valence electrons. The van der Waals surface area contributed by atoms with Crippen molar-refractivity contribution in [1.82, 2.24) is 25.6 Å². The number of hydrogen-bond donors (Lipinski definition) is 6. The molecule has 0 saturated heterocycles. The van der Waals surface area contributed by atoms with Gasteiger partial charge in [-0.3, -0.25) is 4.90 Å². The summed E-state index contributed by atoms with van der Waals surface area (Å²) >= 11 is 6.24. The highest BCUT2D eigenvalue weighted by Crippen LogP contribution is 2.28. The van der Waals surface area contributed by atoms with Crippen LogP contribution in [-0.2, 0) is 0 Å². The second kappa shape index (κ2) is 15.3. The third-order valence-electron chi connectivity index (χ3n) is 5.31. The zero-order valence-electron chi connectivity index (χ0n) is 20.3. The first-order chi connectivity index (χ1) is 17.6. The van der Waals surface area contributed by atoms with Crippen LogP contribution in [0.3, 0.4) is 0 Å². The lowest BCUT2D eigenvalue weighted by Gasteiger charge is -2.28. The highest BCUT2D eigenvalue weighted by atomic mass is 35.5. The highest BCUT2D eigenvalue weighted by molar-refractivity contribution is 6.30. The molecule has 0 aliphatic heterocycles. The standard InChI is InChI=1S/C25H35ClN8O2/c26-20-4-1-5-21(17-20)34(24(36)18-29-9-2-8-27)25-32-13-7-22(33-25)19-6-12-31-23(16-19)30-11-3-10-28-14-15-35/h1,4-7,12-13,16-17,24,28-29,35-36H,2-3,8-11,14-15,18,27H2,(H,30,31). The van der Waals surface area contributed by atoms with Crippen molar-refractivity contribution < 1.29 is 10.2 Å². The number of nitrogens with zero attached hydrogens (tertiary/aromatic N) is 4. The van der Waals surface area contributed by atoms with Gasteiger partial charge < -0.3 is 31.9 Å². The van der Waals surface area contributed by atoms with E-state index >= 15 is 0 Å². The topological polar surface area (TPSA) is 144 Å². The molecule has 11 heteroatoms. The van der Waals surface area contributed by atoms with E-state index in [4.69, 9.17) is 27.4 Å². The zero-order valence-corrected chi connectivity index (χ0v) is 21.0. The third-order valence-corrected chi connectivity index (χ3v) is 5.54. The van der Waals surface area contributed by atoms with Gasteiger partial charge in [0.15, 0.2) is 0 Å². The lowest BCUT2D eigenvalue weighted by Crippen LogP contribution is -2.41. The molecule has 2 aromatic heterocycles. The van der Waals surface area contributed by atoms with E-state index in [0.717, 1.165) is 37.3 Å². The molecule has 3 aromatic rings. The van der Waals surface area contributed by atoms with E-state index < -0.39 is 6.23 Å². The Hall–Kier alpha value is -2.86. The van der Waals surface area contributed by atoms with Crippen LogP contribution in [0.25, 0.3) is 11.3 Å². The van der Waals surface area contributed by atoms with Gasteiger partial charge in [0.1, 0.15) is 12.0 Å². The van der Waals surface area contributed by atoms with Gasteiger partial charge >= 0.3 is 0 Å². The number of nitrogens with one attached hydrogen (secondary N) is 3. The number of benzene rings is 1. The Morgan fingerprint density at radius 2 is 1.81 bits per heavy atom. The fraction of sp³-hybridized carbons (Fsp3) is 0.400. The summed E-state index contributed by atoms with van der Waals surface area (Å²) < 4.78 is 0. The molecule has 10 nitrogen and oxygen atoms in total. The summed E-state index contributed by atoms with van der Waals surface area (Å²) in [5.41, 5.74) is 7.82. The molecule has 7 N–H and O–H groups in total. The number of anilines is 3. The Morgan fingerprint density at radius 3 is 2.61 bits per heavy atom. The van der Waals surface area contributed by atoms with Crippen LogP contribution in [0, 0.1) is 0 Å². The van der Waals surface area contributed by atoms with E-state index in [1.807, 2.05) is 30.3 Å². The largest absolute Gasteiger partial charge is 0.395 e. The molecule has 0 radical (unpaired) electrons. The Bertz CT molecular complexity index is 1060. The van der Waals surface area contributed by atoms with Crippen molar-refractivity contribution in [1.29, 1.82) is 0 Å². The monoisotopic (exact) mass is 514 g/mol. The van der Waals surface area contributed by atoms with E-state index in [9.17, 15) is 5.11 Å². The molecule has 3 rings (SSSR count). The number of hydrogen-bond acceptors (Lipinski definition) is 10. The maximum absolute atomic E-state index is 11.1. The van der Waals surface area contributed by atoms with Gasteiger partial charge in [-0.1, -0.05) is 17.7 Å². The minimum atomic E-state index is -0.925. The molecule has 0 amide bonds. The van der Waals surface area contributed by atoms with E-state index in [0.29, 0.717) is 48.5 Å². The smallest absolute Gasteiger partial charge is 0.232 e. The number of nitrogens with two attached hydrogens (primary N) is 1. The average Bonchev–Trinajstić information content (AvgIpc) is 2.89. The van der Waals surface area contributed by atoms with Crippen LogP contribution in [-0.4, -0.2) is 77.3 Å². The van der Waals surface area contributed by atoms with Gasteiger partial charge in [-0.25, -0.2) is 15.0 Å². The molecule has 0 saturated carbocycles. The number of rotatable bonds is 16. The van der Waals surface area contributed by atoms with Crippen molar-refractivity contribution in [3.05, 3.63) is 59.9 Å². The highest BCUT2D eigenvalue weighted by Gasteiger charge is 2.21. The molecule has 0 bridgehead atoms. The fourth-order valence-corrected chi connectivity index (χ4v) is 3.73. The molecule has 1 aromatic carbocycles. The molecule has 1 atom stereocenters. The van der Waals surface area contributed by atoms with Gasteiger partial charge in [-0.15, -0.1) is 0 Å². The fourth-order valence-electron chi connectivity index (χ4n) is 3.54. The number of halogens is 1. The summed E-state index contributed by atoms with van der Waals surface area (Å²) in [6, 6.07) is 12.9. The molecular formula is C25H35ClN8O2. The Labute approximate surface area is 216 Å². The van der Waals surface area contributed by atoms with Crippen LogP contribution in [0.5, 0.6) is 0 Å². The van der Waals surface area contributed by atoms with Crippen LogP contribution >= 0.6 is 11.6 Å². The van der Waals surface area contributed by atoms with Gasteiger partial charge in [0.25, 0.3) is 0 Å². The van der Waals surface area contributed by atoms with E-state index in [-0.39, 0.29) is 6.61 Å². The van der Waals surface area contributed by atoms with Crippen LogP contribution in [0.2, 0.25) is 5.02 Å². The second-order valence-electron chi connectivity index (χ2n) is 8.10. The van der Waals surface area contributed by atoms with Crippen molar-refractivity contribution in [3.8, 4) is 11.3 Å². The number of aliphatic hydroxyl groups excluding tert-OH is 2. The normalized spacial score (nSPS) is 11.9. The van der Waals surface area contributed by atoms with Crippen LogP contribution < -0.4 is 26.6 Å². The maximum Gasteiger partial charge on any atom is 0.232 e. The quantitative estimate of drug-likeness (QED) is 0.124. The molecule has 2 heterocycles. The SMILES string of the molecule is NCCCNCC(O)N(c1cccc(Cl)c1)c1nccc(-c2ccnc(NCCCNCCO)c2)n1. The molecule has 0 fully saturated rings. The third kappa shape index (κ3) is 8.66. The first-order valence-corrected chi connectivity index (χ1v) is 12.5. The van der Waals surface area contributed by atoms with Gasteiger partial charge in [-0.2, -0.15) is 0 Å². The van der Waals surface area contributed by atoms with E-state index in [1.165, 1.54) is 0 Å². The predicted molar refractivity (Wildman–Crippen MR) is 144 cm³/mol. The minimum absolute atomic E-state index is 0.133. The molecule has 1 unspecified atom stereocenters. The number of aliphatic hydroxyl groups is 2. The van der Waals surface area contributed by atoms with Crippen LogP contribution in [0.1, 0.15) is 12.8 Å². The predicted octanol–water partition coefficient (Wildman–Crippen LogP) is 1.97. The molecule has 36 heavy (non-hydrogen) atoms. The maximum atomic E-state index is 11.1. The zero-order chi connectivity index (χ0) is 25.6. The van der Waals surface area contributed by atoms with Crippen LogP contribution in [0.4, 0.5) is 17.5 Å². The summed E-state index contributed by atoms with van der Waals surface area (Å²) in [4.78, 5) is 15.3. The van der Waals surface area contributed by atoms with Crippen molar-refractivity contribution in [2.75, 3.05) is 56.1 Å². The van der Waals surface area contributed by atoms with Gasteiger partial charge in [0.2, 0.25) is 5.95 Å². The lowest BCUT2D eigenvalue weighted by atomic mass is 10.2. The summed E-state index contributed by atoms with van der Waals surface area (Å²) in [7, 11) is 0. The van der Waals surface area contributed by atoms with Crippen molar-refractivity contribution in [2.45, 2.75) is 19.1 Å². The Morgan fingerprint density at radius 1 is 0.972 bits per heavy atom. The minimum Gasteiger partial charge on any atom is -0.395 e. The lowest BCUT2D eigenvalue weighted by molar-refractivity contribution is 0.176. The molecule has 0 aliphatic rings. The Balaban J connectivity index is 1.78. The molecule has 0 aliphatic carbocycles. The van der Waals surface area contributed by atoms with E-state index in [1.54, 1.807) is 29.4 Å². The first kappa shape index (κ1) is 27.7. The van der Waals surface area contributed by atoms with Gasteiger partial charge in [0, 0.05) is 48.3 Å². The second-order valence-corrected chi connectivity index (χ2v) is 8.54. The Kier molecular flexibility index (Phi) is 11.8. The summed E-state index contributed by atoms with van der Waals surface area (Å²) in [6.07, 6.45) is 4.19. The number of pyridine rings is 1. The first-order valence-electron chi connectivity index (χ1n) is 12.1. The van der Waals surface area contributed by atoms with Gasteiger partial charge in [0.05, 0.1) is 12.3 Å². The summed E-state index contributed by atoms with van der Waals surface area (Å²) in [6.45, 7) is 3.86. The molecular weight excluding hydrogens is 480 g/mol.